The Hall–Kier alpha value is -1.38. The van der Waals surface area contributed by atoms with Crippen molar-refractivity contribution in [3.8, 4) is 11.8 Å². The summed E-state index contributed by atoms with van der Waals surface area (Å²) < 4.78 is 5.77. The molecule has 0 amide bonds. The minimum absolute atomic E-state index is 0.0344. The highest BCUT2D eigenvalue weighted by atomic mass is 16.5. The summed E-state index contributed by atoms with van der Waals surface area (Å²) in [5.74, 6) is 13.0. The zero-order valence-corrected chi connectivity index (χ0v) is 36.6. The Kier molecular flexibility index (Phi) is 15.0. The smallest absolute Gasteiger partial charge is 0.153 e. The summed E-state index contributed by atoms with van der Waals surface area (Å²) >= 11 is 0. The van der Waals surface area contributed by atoms with Crippen LogP contribution in [0.25, 0.3) is 0 Å². The summed E-state index contributed by atoms with van der Waals surface area (Å²) in [5.41, 5.74) is 5.47. The van der Waals surface area contributed by atoms with Crippen LogP contribution in [0, 0.1) is 82.4 Å². The number of rotatable bonds is 11. The second kappa shape index (κ2) is 20.0. The predicted octanol–water partition coefficient (Wildman–Crippen LogP) is 6.68. The zero-order valence-electron chi connectivity index (χ0n) is 36.6. The Morgan fingerprint density at radius 1 is 0.814 bits per heavy atom. The molecular formula is C50H81N3O6. The van der Waals surface area contributed by atoms with Gasteiger partial charge < -0.3 is 36.4 Å². The molecule has 5 saturated carbocycles. The van der Waals surface area contributed by atoms with E-state index in [9.17, 15) is 24.9 Å². The van der Waals surface area contributed by atoms with Crippen LogP contribution in [0.4, 0.5) is 0 Å². The number of hydrogen-bond acceptors (Lipinski definition) is 9. The maximum Gasteiger partial charge on any atom is 0.153 e. The first kappa shape index (κ1) is 44.2. The predicted molar refractivity (Wildman–Crippen MR) is 231 cm³/mol. The van der Waals surface area contributed by atoms with Crippen LogP contribution in [0.15, 0.2) is 0 Å². The van der Waals surface area contributed by atoms with E-state index in [-0.39, 0.29) is 35.8 Å². The van der Waals surface area contributed by atoms with E-state index >= 15 is 0 Å². The van der Waals surface area contributed by atoms with Gasteiger partial charge in [0, 0.05) is 38.3 Å². The van der Waals surface area contributed by atoms with Crippen LogP contribution in [-0.2, 0) is 14.3 Å². The van der Waals surface area contributed by atoms with E-state index in [1.54, 1.807) is 7.11 Å². The molecule has 2 heterocycles. The fraction of sp³-hybridized carbons (Fsp3) is 0.920. The maximum absolute atomic E-state index is 14.3. The van der Waals surface area contributed by atoms with E-state index in [1.165, 1.54) is 51.4 Å². The van der Waals surface area contributed by atoms with Gasteiger partial charge in [-0.05, 0) is 181 Å². The molecule has 7 N–H and O–H groups in total. The van der Waals surface area contributed by atoms with E-state index in [0.717, 1.165) is 89.1 Å². The van der Waals surface area contributed by atoms with Gasteiger partial charge in [0.1, 0.15) is 11.2 Å². The highest BCUT2D eigenvalue weighted by Crippen LogP contribution is 2.50. The molecule has 1 spiro atoms. The first-order valence-corrected chi connectivity index (χ1v) is 25.0. The molecule has 0 aromatic heterocycles. The molecule has 9 heteroatoms. The number of piperidine rings is 2. The number of nitrogens with one attached hydrogen (secondary N) is 2. The van der Waals surface area contributed by atoms with Gasteiger partial charge in [0.15, 0.2) is 5.78 Å². The molecular weight excluding hydrogens is 739 g/mol. The number of hydrogen-bond donors (Lipinski definition) is 6. The Balaban J connectivity index is 0.943. The van der Waals surface area contributed by atoms with E-state index in [0.29, 0.717) is 92.3 Å². The third-order valence-electron chi connectivity index (χ3n) is 18.4. The number of ether oxygens (including phenoxy) is 1. The fourth-order valence-corrected chi connectivity index (χ4v) is 14.9. The van der Waals surface area contributed by atoms with E-state index < -0.39 is 23.7 Å². The second-order valence-electron chi connectivity index (χ2n) is 21.8. The molecule has 2 aliphatic heterocycles. The second-order valence-corrected chi connectivity index (χ2v) is 21.8. The molecule has 2 saturated heterocycles. The van der Waals surface area contributed by atoms with Crippen molar-refractivity contribution in [3.63, 3.8) is 0 Å². The highest BCUT2D eigenvalue weighted by molar-refractivity contribution is 5.89. The van der Waals surface area contributed by atoms with Crippen molar-refractivity contribution < 1.29 is 29.6 Å². The quantitative estimate of drug-likeness (QED) is 0.125. The Morgan fingerprint density at radius 2 is 1.61 bits per heavy atom. The third kappa shape index (κ3) is 10.4. The molecule has 6 aliphatic carbocycles. The van der Waals surface area contributed by atoms with Gasteiger partial charge in [0.05, 0.1) is 30.6 Å². The standard InChI is InChI=1S/C50H81N3O6/c1-59-46-25-37-12-15-47(57)50(19-16-31(23-48(50)58)6-7-32-22-39-11-14-41(55)28-44(39)53-30-32)20-17-34(43(37)29-45(46)56)10-13-40(54)27-42(38-18-21-52-49(51)26-38)36-9-8-33-4-2-3-5-35(33)24-36/h31-40,42-46,48-49,52-54,56,58H,2-16,18-19,21-30,51H2,1H3. The third-order valence-corrected chi connectivity index (χ3v) is 18.4. The Labute approximate surface area is 356 Å². The van der Waals surface area contributed by atoms with Crippen LogP contribution in [0.5, 0.6) is 0 Å². The van der Waals surface area contributed by atoms with Gasteiger partial charge in [-0.3, -0.25) is 9.59 Å². The Morgan fingerprint density at radius 3 is 2.42 bits per heavy atom. The largest absolute Gasteiger partial charge is 0.393 e. The van der Waals surface area contributed by atoms with Crippen LogP contribution in [-0.4, -0.2) is 83.7 Å². The number of aliphatic hydroxyl groups is 3. The molecule has 7 fully saturated rings. The molecule has 0 bridgehead atoms. The van der Waals surface area contributed by atoms with Crippen LogP contribution in [0.3, 0.4) is 0 Å². The van der Waals surface area contributed by atoms with Crippen molar-refractivity contribution in [2.75, 3.05) is 20.2 Å². The average Bonchev–Trinajstić information content (AvgIpc) is 3.29. The van der Waals surface area contributed by atoms with Gasteiger partial charge >= 0.3 is 0 Å². The van der Waals surface area contributed by atoms with Gasteiger partial charge in [-0.15, -0.1) is 0 Å². The molecule has 0 aromatic rings. The van der Waals surface area contributed by atoms with Gasteiger partial charge in [-0.25, -0.2) is 0 Å². The number of methoxy groups -OCH3 is 1. The van der Waals surface area contributed by atoms with Crippen molar-refractivity contribution in [2.45, 2.75) is 197 Å². The maximum atomic E-state index is 14.3. The topological polar surface area (TPSA) is 154 Å². The molecule has 59 heavy (non-hydrogen) atoms. The van der Waals surface area contributed by atoms with Crippen molar-refractivity contribution >= 4 is 11.6 Å². The van der Waals surface area contributed by atoms with Crippen molar-refractivity contribution in [1.29, 1.82) is 0 Å². The van der Waals surface area contributed by atoms with Crippen LogP contribution in [0.2, 0.25) is 0 Å². The molecule has 18 atom stereocenters. The summed E-state index contributed by atoms with van der Waals surface area (Å²) in [6, 6.07) is 0.359. The first-order valence-electron chi connectivity index (χ1n) is 25.0. The molecule has 9 nitrogen and oxygen atoms in total. The lowest BCUT2D eigenvalue weighted by molar-refractivity contribution is -0.135. The number of fused-ring (bicyclic) bond motifs is 3. The summed E-state index contributed by atoms with van der Waals surface area (Å²) in [6.45, 7) is 1.93. The lowest BCUT2D eigenvalue weighted by atomic mass is 9.61. The number of Topliss-reactive ketones (excluding diaryl/α,β-unsaturated/α-hetero) is 2. The summed E-state index contributed by atoms with van der Waals surface area (Å²) in [5, 5.41) is 42.4. The molecule has 8 aliphatic rings. The van der Waals surface area contributed by atoms with Crippen molar-refractivity contribution in [3.05, 3.63) is 0 Å². The normalized spacial score (nSPS) is 45.3. The highest BCUT2D eigenvalue weighted by Gasteiger charge is 2.50. The van der Waals surface area contributed by atoms with E-state index in [4.69, 9.17) is 10.5 Å². The van der Waals surface area contributed by atoms with Gasteiger partial charge in [-0.1, -0.05) is 43.9 Å². The summed E-state index contributed by atoms with van der Waals surface area (Å²) in [4.78, 5) is 26.3. The van der Waals surface area contributed by atoms with E-state index in [1.807, 2.05) is 0 Å². The van der Waals surface area contributed by atoms with Crippen LogP contribution < -0.4 is 16.4 Å². The first-order chi connectivity index (χ1) is 28.6. The van der Waals surface area contributed by atoms with Gasteiger partial charge in [0.25, 0.3) is 0 Å². The van der Waals surface area contributed by atoms with Gasteiger partial charge in [-0.2, -0.15) is 0 Å². The Bertz CT molecular complexity index is 1480. The molecule has 0 radical (unpaired) electrons. The number of aliphatic hydroxyl groups excluding tert-OH is 3. The number of ketones is 2. The van der Waals surface area contributed by atoms with Crippen LogP contribution >= 0.6 is 0 Å². The lowest BCUT2D eigenvalue weighted by Gasteiger charge is -2.46. The molecule has 0 aromatic carbocycles. The molecule has 18 unspecified atom stereocenters. The SMILES string of the molecule is COC1CC2CCC(=O)C3(C#CC(CCC(O)CC(C4CCNC(N)C4)C4CCC5CCCCC5C4)C2CC1O)CCC(CCC1CNC2CC(=O)CCC2C1)CC3O. The molecule has 332 valence electrons. The minimum Gasteiger partial charge on any atom is -0.393 e. The van der Waals surface area contributed by atoms with Crippen molar-refractivity contribution in [2.24, 2.45) is 76.2 Å². The average molecular weight is 820 g/mol. The molecule has 8 rings (SSSR count). The monoisotopic (exact) mass is 820 g/mol. The fourth-order valence-electron chi connectivity index (χ4n) is 14.9. The number of nitrogens with two attached hydrogens (primary N) is 1. The van der Waals surface area contributed by atoms with Gasteiger partial charge in [0.2, 0.25) is 0 Å². The lowest BCUT2D eigenvalue weighted by Crippen LogP contribution is -2.49. The minimum atomic E-state index is -1.04. The number of carbonyl (C=O) groups is 2. The summed E-state index contributed by atoms with van der Waals surface area (Å²) in [7, 11) is 1.68. The van der Waals surface area contributed by atoms with Crippen LogP contribution in [0.1, 0.15) is 161 Å². The zero-order chi connectivity index (χ0) is 41.1. The van der Waals surface area contributed by atoms with Crippen molar-refractivity contribution in [1.82, 2.24) is 10.6 Å². The number of carbonyl (C=O) groups excluding carboxylic acids is 2. The summed E-state index contributed by atoms with van der Waals surface area (Å²) in [6.07, 6.45) is 22.2. The van der Waals surface area contributed by atoms with E-state index in [2.05, 4.69) is 22.5 Å².